The first-order chi connectivity index (χ1) is 9.58. The van der Waals surface area contributed by atoms with E-state index in [1.165, 1.54) is 6.08 Å². The minimum Gasteiger partial charge on any atom is -0.478 e. The molecule has 20 heavy (non-hydrogen) atoms. The Morgan fingerprint density at radius 2 is 2.10 bits per heavy atom. The Labute approximate surface area is 118 Å². The number of hydrogen-bond donors (Lipinski definition) is 1. The molecule has 5 heteroatoms. The van der Waals surface area contributed by atoms with Crippen LogP contribution < -0.4 is 10.1 Å². The Morgan fingerprint density at radius 3 is 2.70 bits per heavy atom. The Bertz CT molecular complexity index is 592. The summed E-state index contributed by atoms with van der Waals surface area (Å²) in [6.45, 7) is 3.54. The van der Waals surface area contributed by atoms with Crippen molar-refractivity contribution in [3.8, 4) is 17.9 Å². The molecule has 0 aromatic heterocycles. The second kappa shape index (κ2) is 7.60. The summed E-state index contributed by atoms with van der Waals surface area (Å²) in [4.78, 5) is 11.8. The molecule has 1 amide bonds. The molecule has 0 bridgehead atoms. The van der Waals surface area contributed by atoms with E-state index in [-0.39, 0.29) is 18.2 Å². The number of amides is 1. The van der Waals surface area contributed by atoms with Gasteiger partial charge in [0.15, 0.2) is 6.61 Å². The van der Waals surface area contributed by atoms with Crippen LogP contribution in [0.25, 0.3) is 6.08 Å². The van der Waals surface area contributed by atoms with E-state index in [0.717, 1.165) is 0 Å². The van der Waals surface area contributed by atoms with Gasteiger partial charge in [-0.2, -0.15) is 10.5 Å². The average molecular weight is 269 g/mol. The maximum absolute atomic E-state index is 11.8. The smallest absolute Gasteiger partial charge is 0.262 e. The Balaban J connectivity index is 3.05. The molecular weight excluding hydrogens is 254 g/mol. The van der Waals surface area contributed by atoms with Crippen molar-refractivity contribution in [3.63, 3.8) is 0 Å². The lowest BCUT2D eigenvalue weighted by atomic mass is 10.1. The van der Waals surface area contributed by atoms with Crippen LogP contribution in [0.5, 0.6) is 5.75 Å². The Morgan fingerprint density at radius 1 is 1.40 bits per heavy atom. The number of benzene rings is 1. The zero-order valence-electron chi connectivity index (χ0n) is 11.4. The van der Waals surface area contributed by atoms with Crippen LogP contribution in [-0.2, 0) is 4.79 Å². The van der Waals surface area contributed by atoms with Crippen molar-refractivity contribution in [2.45, 2.75) is 19.9 Å². The van der Waals surface area contributed by atoms with Gasteiger partial charge in [0.1, 0.15) is 23.5 Å². The van der Waals surface area contributed by atoms with Gasteiger partial charge >= 0.3 is 0 Å². The van der Waals surface area contributed by atoms with Gasteiger partial charge in [0.05, 0.1) is 0 Å². The second-order valence-corrected chi connectivity index (χ2v) is 4.28. The SMILES string of the molecule is CC(C)NC(=O)/C(C#N)=C\c1ccccc1OCC#N. The number of ether oxygens (including phenoxy) is 1. The number of hydrogen-bond acceptors (Lipinski definition) is 4. The topological polar surface area (TPSA) is 85.9 Å². The molecule has 0 atom stereocenters. The minimum absolute atomic E-state index is 0.00768. The molecule has 0 saturated carbocycles. The van der Waals surface area contributed by atoms with Crippen molar-refractivity contribution in [2.24, 2.45) is 0 Å². The first-order valence-corrected chi connectivity index (χ1v) is 6.10. The number of nitriles is 2. The van der Waals surface area contributed by atoms with Crippen LogP contribution in [0.4, 0.5) is 0 Å². The van der Waals surface area contributed by atoms with Crippen molar-refractivity contribution in [1.29, 1.82) is 10.5 Å². The van der Waals surface area contributed by atoms with Crippen molar-refractivity contribution in [1.82, 2.24) is 5.32 Å². The number of nitrogens with zero attached hydrogens (tertiary/aromatic N) is 2. The van der Waals surface area contributed by atoms with Gasteiger partial charge in [-0.1, -0.05) is 18.2 Å². The standard InChI is InChI=1S/C15H15N3O2/c1-11(2)18-15(19)13(10-17)9-12-5-3-4-6-14(12)20-8-7-16/h3-6,9,11H,8H2,1-2H3,(H,18,19)/b13-9-. The van der Waals surface area contributed by atoms with E-state index < -0.39 is 5.91 Å². The zero-order valence-corrected chi connectivity index (χ0v) is 11.4. The van der Waals surface area contributed by atoms with Gasteiger partial charge in [-0.3, -0.25) is 4.79 Å². The molecule has 1 aromatic rings. The summed E-state index contributed by atoms with van der Waals surface area (Å²) in [5, 5.41) is 20.2. The van der Waals surface area contributed by atoms with Gasteiger partial charge in [0.25, 0.3) is 5.91 Å². The quantitative estimate of drug-likeness (QED) is 0.654. The zero-order chi connectivity index (χ0) is 15.0. The molecule has 0 fully saturated rings. The normalized spacial score (nSPS) is 10.6. The molecule has 0 saturated heterocycles. The summed E-state index contributed by atoms with van der Waals surface area (Å²) in [6, 6.07) is 10.6. The van der Waals surface area contributed by atoms with E-state index in [9.17, 15) is 4.79 Å². The minimum atomic E-state index is -0.433. The lowest BCUT2D eigenvalue weighted by molar-refractivity contribution is -0.117. The van der Waals surface area contributed by atoms with Gasteiger partial charge in [-0.25, -0.2) is 0 Å². The summed E-state index contributed by atoms with van der Waals surface area (Å²) in [6.07, 6.45) is 1.45. The molecule has 0 spiro atoms. The predicted molar refractivity (Wildman–Crippen MR) is 74.4 cm³/mol. The van der Waals surface area contributed by atoms with E-state index in [4.69, 9.17) is 15.3 Å². The summed E-state index contributed by atoms with van der Waals surface area (Å²) in [5.41, 5.74) is 0.574. The highest BCUT2D eigenvalue weighted by Crippen LogP contribution is 2.20. The molecule has 0 aliphatic heterocycles. The van der Waals surface area contributed by atoms with Crippen LogP contribution in [0.15, 0.2) is 29.8 Å². The number of nitrogens with one attached hydrogen (secondary N) is 1. The third kappa shape index (κ3) is 4.47. The summed E-state index contributed by atoms with van der Waals surface area (Å²) in [7, 11) is 0. The summed E-state index contributed by atoms with van der Waals surface area (Å²) in [5.74, 6) is 0.0248. The molecule has 1 rings (SSSR count). The lowest BCUT2D eigenvalue weighted by Crippen LogP contribution is -2.30. The van der Waals surface area contributed by atoms with Gasteiger partial charge in [-0.05, 0) is 26.0 Å². The number of para-hydroxylation sites is 1. The van der Waals surface area contributed by atoms with Gasteiger partial charge in [-0.15, -0.1) is 0 Å². The van der Waals surface area contributed by atoms with Crippen molar-refractivity contribution in [3.05, 3.63) is 35.4 Å². The molecule has 0 aliphatic carbocycles. The van der Waals surface area contributed by atoms with Crippen LogP contribution in [0.1, 0.15) is 19.4 Å². The van der Waals surface area contributed by atoms with E-state index in [0.29, 0.717) is 11.3 Å². The lowest BCUT2D eigenvalue weighted by Gasteiger charge is -2.08. The van der Waals surface area contributed by atoms with E-state index in [1.54, 1.807) is 24.3 Å². The fourth-order valence-corrected chi connectivity index (χ4v) is 1.49. The second-order valence-electron chi connectivity index (χ2n) is 4.28. The summed E-state index contributed by atoms with van der Waals surface area (Å²) < 4.78 is 5.25. The van der Waals surface area contributed by atoms with Crippen LogP contribution in [-0.4, -0.2) is 18.6 Å². The highest BCUT2D eigenvalue weighted by molar-refractivity contribution is 6.02. The fraction of sp³-hybridized carbons (Fsp3) is 0.267. The molecule has 5 nitrogen and oxygen atoms in total. The third-order valence-corrected chi connectivity index (χ3v) is 2.30. The Kier molecular flexibility index (Phi) is 5.80. The monoisotopic (exact) mass is 269 g/mol. The third-order valence-electron chi connectivity index (χ3n) is 2.30. The molecule has 0 heterocycles. The number of carbonyl (C=O) groups is 1. The molecular formula is C15H15N3O2. The van der Waals surface area contributed by atoms with Crippen LogP contribution in [0.2, 0.25) is 0 Å². The van der Waals surface area contributed by atoms with Crippen molar-refractivity contribution < 1.29 is 9.53 Å². The highest BCUT2D eigenvalue weighted by atomic mass is 16.5. The maximum atomic E-state index is 11.8. The van der Waals surface area contributed by atoms with Crippen molar-refractivity contribution in [2.75, 3.05) is 6.61 Å². The van der Waals surface area contributed by atoms with Gasteiger partial charge in [0, 0.05) is 11.6 Å². The highest BCUT2D eigenvalue weighted by Gasteiger charge is 2.11. The molecule has 1 aromatic carbocycles. The molecule has 102 valence electrons. The van der Waals surface area contributed by atoms with Gasteiger partial charge < -0.3 is 10.1 Å². The maximum Gasteiger partial charge on any atom is 0.262 e. The molecule has 1 N–H and O–H groups in total. The first-order valence-electron chi connectivity index (χ1n) is 6.10. The number of rotatable bonds is 5. The number of carbonyl (C=O) groups excluding carboxylic acids is 1. The Hall–Kier alpha value is -2.79. The molecule has 0 unspecified atom stereocenters. The molecule has 0 aliphatic rings. The van der Waals surface area contributed by atoms with E-state index >= 15 is 0 Å². The van der Waals surface area contributed by atoms with Crippen LogP contribution in [0.3, 0.4) is 0 Å². The van der Waals surface area contributed by atoms with Gasteiger partial charge in [0.2, 0.25) is 0 Å². The summed E-state index contributed by atoms with van der Waals surface area (Å²) >= 11 is 0. The van der Waals surface area contributed by atoms with E-state index in [1.807, 2.05) is 26.0 Å². The van der Waals surface area contributed by atoms with Crippen LogP contribution in [0, 0.1) is 22.7 Å². The van der Waals surface area contributed by atoms with Crippen molar-refractivity contribution >= 4 is 12.0 Å². The van der Waals surface area contributed by atoms with E-state index in [2.05, 4.69) is 5.32 Å². The van der Waals surface area contributed by atoms with Crippen LogP contribution >= 0.6 is 0 Å². The average Bonchev–Trinajstić information content (AvgIpc) is 2.42. The predicted octanol–water partition coefficient (Wildman–Crippen LogP) is 2.02. The largest absolute Gasteiger partial charge is 0.478 e. The fourth-order valence-electron chi connectivity index (χ4n) is 1.49. The molecule has 0 radical (unpaired) electrons. The first kappa shape index (κ1) is 15.3.